The van der Waals surface area contributed by atoms with Gasteiger partial charge < -0.3 is 5.32 Å². The molecule has 0 spiro atoms. The summed E-state index contributed by atoms with van der Waals surface area (Å²) >= 11 is 3.82. The average molecular weight is 284 g/mol. The molecule has 0 saturated heterocycles. The van der Waals surface area contributed by atoms with E-state index < -0.39 is 0 Å². The lowest BCUT2D eigenvalue weighted by atomic mass is 9.91. The molecule has 0 amide bonds. The van der Waals surface area contributed by atoms with Crippen LogP contribution in [0.4, 0.5) is 0 Å². The highest BCUT2D eigenvalue weighted by atomic mass is 32.2. The Hall–Kier alpha value is -0.0600. The summed E-state index contributed by atoms with van der Waals surface area (Å²) in [6, 6.07) is 0. The number of nitrogens with zero attached hydrogens (tertiary/aromatic N) is 1. The topological polar surface area (TPSA) is 24.9 Å². The Labute approximate surface area is 119 Å². The first-order valence-electron chi connectivity index (χ1n) is 6.88. The molecule has 2 nitrogen and oxygen atoms in total. The van der Waals surface area contributed by atoms with Crippen molar-refractivity contribution in [2.24, 2.45) is 5.92 Å². The van der Waals surface area contributed by atoms with Gasteiger partial charge in [-0.1, -0.05) is 13.8 Å². The summed E-state index contributed by atoms with van der Waals surface area (Å²) < 4.78 is 0. The molecule has 1 aliphatic carbocycles. The van der Waals surface area contributed by atoms with Crippen molar-refractivity contribution in [3.63, 3.8) is 0 Å². The molecular formula is C14H24N2S2. The standard InChI is InChI=1S/C14H24N2S2/c1-10(2)7-15-8-11-5-4-6-12-14(11)16-13(18-12)9-17-3/h10-11,15H,4-9H2,1-3H3. The molecule has 1 aliphatic rings. The van der Waals surface area contributed by atoms with E-state index in [1.54, 1.807) is 4.88 Å². The van der Waals surface area contributed by atoms with Gasteiger partial charge in [0.25, 0.3) is 0 Å². The Balaban J connectivity index is 1.98. The summed E-state index contributed by atoms with van der Waals surface area (Å²) in [4.78, 5) is 6.43. The van der Waals surface area contributed by atoms with Crippen molar-refractivity contribution in [2.45, 2.75) is 44.8 Å². The van der Waals surface area contributed by atoms with Crippen LogP contribution in [0.25, 0.3) is 0 Å². The van der Waals surface area contributed by atoms with Crippen LogP contribution in [0.3, 0.4) is 0 Å². The van der Waals surface area contributed by atoms with Crippen molar-refractivity contribution in [3.8, 4) is 0 Å². The van der Waals surface area contributed by atoms with Crippen LogP contribution >= 0.6 is 23.1 Å². The van der Waals surface area contributed by atoms with Gasteiger partial charge in [-0.2, -0.15) is 11.8 Å². The summed E-state index contributed by atoms with van der Waals surface area (Å²) in [6.07, 6.45) is 6.05. The number of hydrogen-bond donors (Lipinski definition) is 1. The van der Waals surface area contributed by atoms with Crippen LogP contribution in [-0.2, 0) is 12.2 Å². The number of nitrogens with one attached hydrogen (secondary N) is 1. The highest BCUT2D eigenvalue weighted by Gasteiger charge is 2.24. The lowest BCUT2D eigenvalue weighted by molar-refractivity contribution is 0.472. The van der Waals surface area contributed by atoms with Crippen molar-refractivity contribution < 1.29 is 0 Å². The minimum atomic E-state index is 0.652. The van der Waals surface area contributed by atoms with Crippen molar-refractivity contribution in [2.75, 3.05) is 19.3 Å². The number of aromatic nitrogens is 1. The van der Waals surface area contributed by atoms with E-state index in [1.165, 1.54) is 30.0 Å². The second kappa shape index (κ2) is 6.92. The zero-order chi connectivity index (χ0) is 13.0. The van der Waals surface area contributed by atoms with Crippen LogP contribution in [0.15, 0.2) is 0 Å². The van der Waals surface area contributed by atoms with E-state index in [9.17, 15) is 0 Å². The normalized spacial score (nSPS) is 19.2. The first-order chi connectivity index (χ1) is 8.70. The molecule has 0 saturated carbocycles. The van der Waals surface area contributed by atoms with E-state index in [4.69, 9.17) is 4.98 Å². The highest BCUT2D eigenvalue weighted by Crippen LogP contribution is 2.35. The third-order valence-corrected chi connectivity index (χ3v) is 5.20. The molecule has 1 aromatic rings. The monoisotopic (exact) mass is 284 g/mol. The fourth-order valence-corrected chi connectivity index (χ4v) is 4.38. The predicted molar refractivity (Wildman–Crippen MR) is 82.7 cm³/mol. The maximum atomic E-state index is 4.88. The van der Waals surface area contributed by atoms with Gasteiger partial charge in [0, 0.05) is 23.1 Å². The van der Waals surface area contributed by atoms with E-state index in [1.807, 2.05) is 23.1 Å². The van der Waals surface area contributed by atoms with E-state index in [-0.39, 0.29) is 0 Å². The van der Waals surface area contributed by atoms with Gasteiger partial charge >= 0.3 is 0 Å². The molecule has 0 bridgehead atoms. The third kappa shape index (κ3) is 3.72. The molecule has 1 N–H and O–H groups in total. The maximum absolute atomic E-state index is 4.88. The average Bonchev–Trinajstić information content (AvgIpc) is 2.72. The molecule has 4 heteroatoms. The summed E-state index contributed by atoms with van der Waals surface area (Å²) in [6.45, 7) is 6.75. The van der Waals surface area contributed by atoms with Crippen LogP contribution in [-0.4, -0.2) is 24.3 Å². The first kappa shape index (κ1) is 14.4. The van der Waals surface area contributed by atoms with Crippen molar-refractivity contribution in [3.05, 3.63) is 15.6 Å². The summed E-state index contributed by atoms with van der Waals surface area (Å²) in [5.41, 5.74) is 1.41. The smallest absolute Gasteiger partial charge is 0.103 e. The number of thioether (sulfide) groups is 1. The van der Waals surface area contributed by atoms with E-state index in [2.05, 4.69) is 25.4 Å². The van der Waals surface area contributed by atoms with Crippen LogP contribution in [0.5, 0.6) is 0 Å². The second-order valence-corrected chi connectivity index (χ2v) is 7.52. The van der Waals surface area contributed by atoms with Crippen LogP contribution in [0, 0.1) is 5.92 Å². The SMILES string of the molecule is CSCc1nc2c(s1)CCCC2CNCC(C)C. The molecule has 2 rings (SSSR count). The molecule has 1 unspecified atom stereocenters. The zero-order valence-corrected chi connectivity index (χ0v) is 13.3. The summed E-state index contributed by atoms with van der Waals surface area (Å²) in [5.74, 6) is 2.46. The maximum Gasteiger partial charge on any atom is 0.103 e. The van der Waals surface area contributed by atoms with E-state index in [0.717, 1.165) is 24.8 Å². The van der Waals surface area contributed by atoms with Crippen LogP contribution in [0.2, 0.25) is 0 Å². The predicted octanol–water partition coefficient (Wildman–Crippen LogP) is 3.67. The quantitative estimate of drug-likeness (QED) is 0.863. The first-order valence-corrected chi connectivity index (χ1v) is 9.10. The lowest BCUT2D eigenvalue weighted by Gasteiger charge is -2.22. The zero-order valence-electron chi connectivity index (χ0n) is 11.7. The van der Waals surface area contributed by atoms with Gasteiger partial charge in [0.05, 0.1) is 5.69 Å². The molecule has 102 valence electrons. The van der Waals surface area contributed by atoms with Gasteiger partial charge in [-0.25, -0.2) is 4.98 Å². The Morgan fingerprint density at radius 3 is 3.06 bits per heavy atom. The minimum Gasteiger partial charge on any atom is -0.316 e. The largest absolute Gasteiger partial charge is 0.316 e. The number of thiazole rings is 1. The molecule has 1 atom stereocenters. The van der Waals surface area contributed by atoms with Gasteiger partial charge in [-0.3, -0.25) is 0 Å². The van der Waals surface area contributed by atoms with Gasteiger partial charge in [0.2, 0.25) is 0 Å². The number of hydrogen-bond acceptors (Lipinski definition) is 4. The number of aryl methyl sites for hydroxylation is 1. The van der Waals surface area contributed by atoms with E-state index in [0.29, 0.717) is 5.92 Å². The molecule has 18 heavy (non-hydrogen) atoms. The Morgan fingerprint density at radius 1 is 1.50 bits per heavy atom. The fraction of sp³-hybridized carbons (Fsp3) is 0.786. The van der Waals surface area contributed by atoms with Gasteiger partial charge in [-0.05, 0) is 38.0 Å². The number of rotatable bonds is 6. The van der Waals surface area contributed by atoms with Crippen LogP contribution in [0.1, 0.15) is 48.2 Å². The number of fused-ring (bicyclic) bond motifs is 1. The molecule has 1 aromatic heterocycles. The van der Waals surface area contributed by atoms with Gasteiger partial charge in [0.1, 0.15) is 5.01 Å². The van der Waals surface area contributed by atoms with Crippen molar-refractivity contribution in [1.82, 2.24) is 10.3 Å². The molecule has 0 fully saturated rings. The molecule has 1 heterocycles. The Bertz CT molecular complexity index is 374. The fourth-order valence-electron chi connectivity index (χ4n) is 2.49. The van der Waals surface area contributed by atoms with Gasteiger partial charge in [0.15, 0.2) is 0 Å². The molecule has 0 radical (unpaired) electrons. The summed E-state index contributed by atoms with van der Waals surface area (Å²) in [5, 5.41) is 4.92. The van der Waals surface area contributed by atoms with Crippen LogP contribution < -0.4 is 5.32 Å². The molecule has 0 aromatic carbocycles. The van der Waals surface area contributed by atoms with E-state index >= 15 is 0 Å². The van der Waals surface area contributed by atoms with Crippen molar-refractivity contribution >= 4 is 23.1 Å². The Kier molecular flexibility index (Phi) is 5.52. The summed E-state index contributed by atoms with van der Waals surface area (Å²) in [7, 11) is 0. The highest BCUT2D eigenvalue weighted by molar-refractivity contribution is 7.97. The van der Waals surface area contributed by atoms with Gasteiger partial charge in [-0.15, -0.1) is 11.3 Å². The lowest BCUT2D eigenvalue weighted by Crippen LogP contribution is -2.27. The van der Waals surface area contributed by atoms with Crippen molar-refractivity contribution in [1.29, 1.82) is 0 Å². The molecular weight excluding hydrogens is 260 g/mol. The Morgan fingerprint density at radius 2 is 2.33 bits per heavy atom. The minimum absolute atomic E-state index is 0.652. The second-order valence-electron chi connectivity index (χ2n) is 5.49. The molecule has 0 aliphatic heterocycles. The third-order valence-electron chi connectivity index (χ3n) is 3.33.